The molecule has 5 atom stereocenters. The molecule has 3 rings (SSSR count). The van der Waals surface area contributed by atoms with E-state index in [9.17, 15) is 39.6 Å². The molecule has 0 aliphatic carbocycles. The van der Waals surface area contributed by atoms with Gasteiger partial charge in [-0.25, -0.2) is 4.79 Å². The van der Waals surface area contributed by atoms with Crippen LogP contribution in [0.5, 0.6) is 0 Å². The van der Waals surface area contributed by atoms with E-state index < -0.39 is 53.5 Å². The van der Waals surface area contributed by atoms with Crippen LogP contribution in [0.4, 0.5) is 0 Å². The topological polar surface area (TPSA) is 207 Å². The molecule has 0 bridgehead atoms. The summed E-state index contributed by atoms with van der Waals surface area (Å²) in [5.41, 5.74) is 0.433. The van der Waals surface area contributed by atoms with Crippen molar-refractivity contribution >= 4 is 23.8 Å². The van der Waals surface area contributed by atoms with Crippen LogP contribution in [0.25, 0.3) is 10.4 Å². The summed E-state index contributed by atoms with van der Waals surface area (Å²) in [4.78, 5) is 55.1. The van der Waals surface area contributed by atoms with Crippen molar-refractivity contribution in [1.29, 1.82) is 0 Å². The number of nitrogens with zero attached hydrogens (tertiary/aromatic N) is 3. The Bertz CT molecular complexity index is 1380. The van der Waals surface area contributed by atoms with Gasteiger partial charge in [0.15, 0.2) is 18.6 Å². The largest absolute Gasteiger partial charge is 0.452 e. The van der Waals surface area contributed by atoms with Crippen molar-refractivity contribution in [3.63, 3.8) is 0 Å². The number of hydrogen-bond acceptors (Lipinski definition) is 10. The van der Waals surface area contributed by atoms with Crippen molar-refractivity contribution in [2.75, 3.05) is 0 Å². The molecule has 3 aromatic rings. The van der Waals surface area contributed by atoms with E-state index in [0.717, 1.165) is 12.1 Å². The van der Waals surface area contributed by atoms with Crippen LogP contribution in [0.2, 0.25) is 0 Å². The van der Waals surface area contributed by atoms with Gasteiger partial charge >= 0.3 is 5.97 Å². The van der Waals surface area contributed by atoms with Gasteiger partial charge in [-0.15, -0.1) is 0 Å². The highest BCUT2D eigenvalue weighted by molar-refractivity contribution is 6.19. The van der Waals surface area contributed by atoms with Gasteiger partial charge in [0, 0.05) is 16.0 Å². The second-order valence-electron chi connectivity index (χ2n) is 8.34. The van der Waals surface area contributed by atoms with E-state index in [4.69, 9.17) is 10.3 Å². The lowest BCUT2D eigenvalue weighted by atomic mass is 9.69. The standard InChI is InChI=1S/C27H23N3O9/c28-30-29-24(35)20(32)23(39-25(36)19-14-8-3-9-15-19)27(38,22(34)18-12-6-2-7-13-18)26(37,16-31)21(33)17-10-4-1-5-11-17/h1-16,20,23-24,32,35,37-38H. The summed E-state index contributed by atoms with van der Waals surface area (Å²) < 4.78 is 5.23. The number of benzene rings is 3. The van der Waals surface area contributed by atoms with Crippen molar-refractivity contribution in [2.24, 2.45) is 5.11 Å². The van der Waals surface area contributed by atoms with Crippen LogP contribution in [0.15, 0.2) is 96.1 Å². The fraction of sp³-hybridized carbons (Fsp3) is 0.185. The van der Waals surface area contributed by atoms with Crippen LogP contribution in [0, 0.1) is 0 Å². The molecular formula is C27H23N3O9. The lowest BCUT2D eigenvalue weighted by Crippen LogP contribution is -2.73. The maximum atomic E-state index is 13.8. The average molecular weight is 533 g/mol. The molecule has 0 saturated heterocycles. The third kappa shape index (κ3) is 5.60. The molecule has 4 N–H and O–H groups in total. The Morgan fingerprint density at radius 2 is 1.23 bits per heavy atom. The third-order valence-corrected chi connectivity index (χ3v) is 5.96. The van der Waals surface area contributed by atoms with Gasteiger partial charge in [-0.1, -0.05) is 84.0 Å². The van der Waals surface area contributed by atoms with E-state index >= 15 is 0 Å². The molecule has 200 valence electrons. The van der Waals surface area contributed by atoms with E-state index in [2.05, 4.69) is 10.0 Å². The van der Waals surface area contributed by atoms with Gasteiger partial charge in [0.1, 0.15) is 6.10 Å². The minimum atomic E-state index is -3.77. The van der Waals surface area contributed by atoms with Crippen molar-refractivity contribution in [3.05, 3.63) is 118 Å². The highest BCUT2D eigenvalue weighted by Crippen LogP contribution is 2.36. The average Bonchev–Trinajstić information content (AvgIpc) is 2.99. The normalized spacial score (nSPS) is 16.2. The molecule has 0 heterocycles. The van der Waals surface area contributed by atoms with Gasteiger partial charge in [-0.05, 0) is 17.7 Å². The summed E-state index contributed by atoms with van der Waals surface area (Å²) in [6.07, 6.45) is -8.26. The lowest BCUT2D eigenvalue weighted by molar-refractivity contribution is -0.189. The second-order valence-corrected chi connectivity index (χ2v) is 8.34. The molecule has 39 heavy (non-hydrogen) atoms. The van der Waals surface area contributed by atoms with Crippen molar-refractivity contribution in [1.82, 2.24) is 0 Å². The summed E-state index contributed by atoms with van der Waals surface area (Å²) in [7, 11) is 0. The first-order chi connectivity index (χ1) is 18.6. The Balaban J connectivity index is 2.31. The monoisotopic (exact) mass is 533 g/mol. The number of ketones is 2. The Morgan fingerprint density at radius 3 is 1.67 bits per heavy atom. The predicted molar refractivity (Wildman–Crippen MR) is 134 cm³/mol. The third-order valence-electron chi connectivity index (χ3n) is 5.96. The number of carbonyl (C=O) groups excluding carboxylic acids is 4. The van der Waals surface area contributed by atoms with Gasteiger partial charge in [-0.3, -0.25) is 14.4 Å². The van der Waals surface area contributed by atoms with Crippen LogP contribution in [-0.4, -0.2) is 73.9 Å². The Kier molecular flexibility index (Phi) is 9.04. The summed E-state index contributed by atoms with van der Waals surface area (Å²) in [6.45, 7) is 0. The van der Waals surface area contributed by atoms with Gasteiger partial charge in [0.05, 0.1) is 5.56 Å². The molecule has 0 aliphatic heterocycles. The first kappa shape index (κ1) is 28.9. The highest BCUT2D eigenvalue weighted by atomic mass is 16.6. The zero-order valence-electron chi connectivity index (χ0n) is 20.1. The van der Waals surface area contributed by atoms with E-state index in [1.54, 1.807) is 6.07 Å². The number of Topliss-reactive ketones (excluding diaryl/α,β-unsaturated/α-hetero) is 2. The number of azide groups is 1. The molecule has 0 saturated carbocycles. The van der Waals surface area contributed by atoms with Crippen LogP contribution in [0.3, 0.4) is 0 Å². The molecule has 5 unspecified atom stereocenters. The SMILES string of the molecule is [N-]=[N+]=NC(O)C(O)C(OC(=O)c1ccccc1)C(O)(C(=O)c1ccccc1)C(O)(C=O)C(=O)c1ccccc1. The van der Waals surface area contributed by atoms with Crippen LogP contribution < -0.4 is 0 Å². The molecule has 0 spiro atoms. The number of aliphatic hydroxyl groups is 4. The predicted octanol–water partition coefficient (Wildman–Crippen LogP) is 1.63. The van der Waals surface area contributed by atoms with Gasteiger partial charge in [0.25, 0.3) is 0 Å². The van der Waals surface area contributed by atoms with Crippen molar-refractivity contribution < 1.29 is 44.3 Å². The molecule has 3 aromatic carbocycles. The summed E-state index contributed by atoms with van der Waals surface area (Å²) >= 11 is 0. The zero-order chi connectivity index (χ0) is 28.6. The molecule has 0 radical (unpaired) electrons. The number of aliphatic hydroxyl groups excluding tert-OH is 2. The Morgan fingerprint density at radius 1 is 0.795 bits per heavy atom. The van der Waals surface area contributed by atoms with Crippen molar-refractivity contribution in [2.45, 2.75) is 29.6 Å². The molecule has 12 heteroatoms. The number of carbonyl (C=O) groups is 4. The van der Waals surface area contributed by atoms with Crippen LogP contribution >= 0.6 is 0 Å². The van der Waals surface area contributed by atoms with E-state index in [-0.39, 0.29) is 16.7 Å². The van der Waals surface area contributed by atoms with Gasteiger partial charge in [0.2, 0.25) is 22.8 Å². The van der Waals surface area contributed by atoms with Gasteiger partial charge in [-0.2, -0.15) is 0 Å². The Labute approximate surface area is 221 Å². The zero-order valence-corrected chi connectivity index (χ0v) is 20.1. The summed E-state index contributed by atoms with van der Waals surface area (Å²) in [5.74, 6) is -4.30. The smallest absolute Gasteiger partial charge is 0.338 e. The number of aldehydes is 1. The highest BCUT2D eigenvalue weighted by Gasteiger charge is 2.67. The van der Waals surface area contributed by atoms with E-state index in [1.165, 1.54) is 72.8 Å². The number of rotatable bonds is 12. The number of hydrogen-bond donors (Lipinski definition) is 4. The van der Waals surface area contributed by atoms with Crippen LogP contribution in [-0.2, 0) is 9.53 Å². The summed E-state index contributed by atoms with van der Waals surface area (Å²) in [6, 6.07) is 20.2. The maximum Gasteiger partial charge on any atom is 0.338 e. The first-order valence-corrected chi connectivity index (χ1v) is 11.4. The summed E-state index contributed by atoms with van der Waals surface area (Å²) in [5, 5.41) is 47.6. The molecule has 0 aromatic heterocycles. The maximum absolute atomic E-state index is 13.8. The van der Waals surface area contributed by atoms with Gasteiger partial charge < -0.3 is 25.2 Å². The first-order valence-electron chi connectivity index (χ1n) is 11.4. The van der Waals surface area contributed by atoms with Crippen molar-refractivity contribution in [3.8, 4) is 0 Å². The Hall–Kier alpha value is -4.71. The second kappa shape index (κ2) is 12.2. The number of esters is 1. The quantitative estimate of drug-likeness (QED) is 0.0506. The van der Waals surface area contributed by atoms with E-state index in [1.807, 2.05) is 0 Å². The fourth-order valence-corrected chi connectivity index (χ4v) is 3.89. The molecule has 12 nitrogen and oxygen atoms in total. The minimum absolute atomic E-state index is 0.161. The molecule has 0 amide bonds. The molecule has 0 fully saturated rings. The number of ether oxygens (including phenoxy) is 1. The molecule has 0 aliphatic rings. The molecular weight excluding hydrogens is 510 g/mol. The minimum Gasteiger partial charge on any atom is -0.452 e. The van der Waals surface area contributed by atoms with Crippen LogP contribution in [0.1, 0.15) is 31.1 Å². The fourth-order valence-electron chi connectivity index (χ4n) is 3.89. The lowest BCUT2D eigenvalue weighted by Gasteiger charge is -2.44. The van der Waals surface area contributed by atoms with E-state index in [0.29, 0.717) is 0 Å².